The van der Waals surface area contributed by atoms with E-state index in [0.29, 0.717) is 28.4 Å². The molecule has 2 aromatic rings. The summed E-state index contributed by atoms with van der Waals surface area (Å²) in [6.07, 6.45) is 3.85. The molecular formula is C22H24O6. The number of allylic oxidation sites excluding steroid dienone is 1. The number of ketones is 1. The molecular weight excluding hydrogens is 360 g/mol. The number of rotatable bonds is 9. The van der Waals surface area contributed by atoms with Gasteiger partial charge in [-0.1, -0.05) is 18.2 Å². The predicted octanol–water partition coefficient (Wildman–Crippen LogP) is 4.06. The van der Waals surface area contributed by atoms with Gasteiger partial charge in [-0.2, -0.15) is 0 Å². The largest absolute Gasteiger partial charge is 0.496 e. The molecule has 0 radical (unpaired) electrons. The summed E-state index contributed by atoms with van der Waals surface area (Å²) in [5.74, 6) is 0.893. The maximum Gasteiger partial charge on any atom is 0.344 e. The van der Waals surface area contributed by atoms with Crippen LogP contribution in [0.3, 0.4) is 0 Å². The second kappa shape index (κ2) is 10.2. The van der Waals surface area contributed by atoms with Crippen molar-refractivity contribution in [2.75, 3.05) is 20.8 Å². The van der Waals surface area contributed by atoms with Crippen LogP contribution in [0.4, 0.5) is 0 Å². The summed E-state index contributed by atoms with van der Waals surface area (Å²) in [5.41, 5.74) is 2.10. The molecule has 0 heterocycles. The van der Waals surface area contributed by atoms with Crippen molar-refractivity contribution >= 4 is 17.8 Å². The van der Waals surface area contributed by atoms with Crippen LogP contribution in [-0.4, -0.2) is 32.6 Å². The van der Waals surface area contributed by atoms with Gasteiger partial charge in [-0.3, -0.25) is 4.79 Å². The van der Waals surface area contributed by atoms with Crippen molar-refractivity contribution in [3.63, 3.8) is 0 Å². The Hall–Kier alpha value is -3.28. The van der Waals surface area contributed by atoms with Gasteiger partial charge in [0.05, 0.1) is 14.2 Å². The van der Waals surface area contributed by atoms with Gasteiger partial charge in [-0.25, -0.2) is 4.79 Å². The molecule has 2 aromatic carbocycles. The van der Waals surface area contributed by atoms with Gasteiger partial charge >= 0.3 is 5.97 Å². The Labute approximate surface area is 164 Å². The lowest BCUT2D eigenvalue weighted by atomic mass is 10.1. The van der Waals surface area contributed by atoms with Crippen LogP contribution < -0.4 is 14.2 Å². The molecule has 6 nitrogen and oxygen atoms in total. The second-order valence-electron chi connectivity index (χ2n) is 5.94. The Kier molecular flexibility index (Phi) is 7.63. The minimum Gasteiger partial charge on any atom is -0.496 e. The third-order valence-electron chi connectivity index (χ3n) is 3.97. The van der Waals surface area contributed by atoms with Crippen molar-refractivity contribution in [2.24, 2.45) is 0 Å². The molecule has 0 aliphatic heterocycles. The number of ether oxygens (including phenoxy) is 4. The number of carbonyl (C=O) groups excluding carboxylic acids is 2. The van der Waals surface area contributed by atoms with Crippen molar-refractivity contribution in [3.05, 3.63) is 59.2 Å². The van der Waals surface area contributed by atoms with Crippen LogP contribution in [0.15, 0.2) is 42.5 Å². The van der Waals surface area contributed by atoms with E-state index in [0.717, 1.165) is 5.56 Å². The summed E-state index contributed by atoms with van der Waals surface area (Å²) in [5, 5.41) is 0. The van der Waals surface area contributed by atoms with Crippen LogP contribution >= 0.6 is 0 Å². The fourth-order valence-electron chi connectivity index (χ4n) is 2.55. The molecule has 0 amide bonds. The third-order valence-corrected chi connectivity index (χ3v) is 3.97. The molecule has 2 rings (SSSR count). The first kappa shape index (κ1) is 21.0. The molecule has 0 saturated heterocycles. The lowest BCUT2D eigenvalue weighted by molar-refractivity contribution is -0.147. The number of carbonyl (C=O) groups is 2. The zero-order chi connectivity index (χ0) is 20.5. The fourth-order valence-corrected chi connectivity index (χ4v) is 2.55. The molecule has 0 aliphatic carbocycles. The topological polar surface area (TPSA) is 71.1 Å². The minimum absolute atomic E-state index is 0.0240. The number of benzene rings is 2. The first-order chi connectivity index (χ1) is 13.5. The van der Waals surface area contributed by atoms with Crippen molar-refractivity contribution in [2.45, 2.75) is 20.5 Å². The smallest absolute Gasteiger partial charge is 0.344 e. The Morgan fingerprint density at radius 3 is 2.32 bits per heavy atom. The second-order valence-corrected chi connectivity index (χ2v) is 5.94. The zero-order valence-electron chi connectivity index (χ0n) is 16.5. The highest BCUT2D eigenvalue weighted by atomic mass is 16.6. The van der Waals surface area contributed by atoms with E-state index in [4.69, 9.17) is 18.9 Å². The van der Waals surface area contributed by atoms with Crippen LogP contribution in [0.2, 0.25) is 0 Å². The van der Waals surface area contributed by atoms with Gasteiger partial charge in [-0.05, 0) is 49.7 Å². The number of methoxy groups -OCH3 is 2. The maximum absolute atomic E-state index is 12.1. The van der Waals surface area contributed by atoms with Crippen LogP contribution in [0.1, 0.15) is 35.3 Å². The summed E-state index contributed by atoms with van der Waals surface area (Å²) in [7, 11) is 3.05. The van der Waals surface area contributed by atoms with E-state index in [1.54, 1.807) is 24.3 Å². The van der Waals surface area contributed by atoms with E-state index in [9.17, 15) is 9.59 Å². The predicted molar refractivity (Wildman–Crippen MR) is 106 cm³/mol. The van der Waals surface area contributed by atoms with Gasteiger partial charge in [0.2, 0.25) is 0 Å². The molecule has 0 fully saturated rings. The van der Waals surface area contributed by atoms with Crippen LogP contribution in [-0.2, 0) is 16.1 Å². The molecule has 0 unspecified atom stereocenters. The summed E-state index contributed by atoms with van der Waals surface area (Å²) in [6.45, 7) is 3.10. The molecule has 6 heteroatoms. The van der Waals surface area contributed by atoms with E-state index in [1.165, 1.54) is 21.1 Å². The Bertz CT molecular complexity index is 869. The first-order valence-electron chi connectivity index (χ1n) is 8.75. The van der Waals surface area contributed by atoms with Gasteiger partial charge in [0.25, 0.3) is 0 Å². The SMILES string of the molecule is C/C=C/c1ccc(OCC(=O)OCc2cc(C(C)=O)ccc2OC)c(OC)c1. The van der Waals surface area contributed by atoms with Crippen LogP contribution in [0.5, 0.6) is 17.2 Å². The molecule has 0 saturated carbocycles. The summed E-state index contributed by atoms with van der Waals surface area (Å²) in [6, 6.07) is 10.4. The Morgan fingerprint density at radius 1 is 0.964 bits per heavy atom. The average molecular weight is 384 g/mol. The minimum atomic E-state index is -0.546. The molecule has 0 atom stereocenters. The lowest BCUT2D eigenvalue weighted by Crippen LogP contribution is -2.15. The number of hydrogen-bond acceptors (Lipinski definition) is 6. The van der Waals surface area contributed by atoms with Gasteiger partial charge in [0.1, 0.15) is 12.4 Å². The number of hydrogen-bond donors (Lipinski definition) is 0. The van der Waals surface area contributed by atoms with Gasteiger partial charge in [-0.15, -0.1) is 0 Å². The van der Waals surface area contributed by atoms with E-state index < -0.39 is 5.97 Å². The summed E-state index contributed by atoms with van der Waals surface area (Å²) < 4.78 is 21.3. The fraction of sp³-hybridized carbons (Fsp3) is 0.273. The molecule has 148 valence electrons. The molecule has 0 aliphatic rings. The van der Waals surface area contributed by atoms with Crippen LogP contribution in [0, 0.1) is 0 Å². The van der Waals surface area contributed by atoms with E-state index in [1.807, 2.05) is 31.2 Å². The molecule has 28 heavy (non-hydrogen) atoms. The van der Waals surface area contributed by atoms with Crippen molar-refractivity contribution in [1.29, 1.82) is 0 Å². The monoisotopic (exact) mass is 384 g/mol. The highest BCUT2D eigenvalue weighted by Gasteiger charge is 2.12. The number of esters is 1. The Morgan fingerprint density at radius 2 is 1.68 bits per heavy atom. The molecule has 0 N–H and O–H groups in total. The normalized spacial score (nSPS) is 10.6. The number of Topliss-reactive ketones (excluding diaryl/α,β-unsaturated/α-hetero) is 1. The van der Waals surface area contributed by atoms with Gasteiger partial charge in [0.15, 0.2) is 23.9 Å². The van der Waals surface area contributed by atoms with E-state index >= 15 is 0 Å². The van der Waals surface area contributed by atoms with Gasteiger partial charge in [0, 0.05) is 11.1 Å². The molecule has 0 spiro atoms. The highest BCUT2D eigenvalue weighted by Crippen LogP contribution is 2.28. The average Bonchev–Trinajstić information content (AvgIpc) is 2.70. The lowest BCUT2D eigenvalue weighted by Gasteiger charge is -2.12. The Balaban J connectivity index is 1.98. The summed E-state index contributed by atoms with van der Waals surface area (Å²) >= 11 is 0. The molecule has 0 aromatic heterocycles. The quantitative estimate of drug-likeness (QED) is 0.480. The molecule has 0 bridgehead atoms. The third kappa shape index (κ3) is 5.61. The highest BCUT2D eigenvalue weighted by molar-refractivity contribution is 5.94. The standard InChI is InChI=1S/C22H24O6/c1-5-6-16-7-9-20(21(11-16)26-4)27-14-22(24)28-13-18-12-17(15(2)23)8-10-19(18)25-3/h5-12H,13-14H2,1-4H3/b6-5+. The van der Waals surface area contributed by atoms with Crippen LogP contribution in [0.25, 0.3) is 6.08 Å². The van der Waals surface area contributed by atoms with E-state index in [2.05, 4.69) is 0 Å². The zero-order valence-corrected chi connectivity index (χ0v) is 16.5. The maximum atomic E-state index is 12.1. The van der Waals surface area contributed by atoms with Crippen molar-refractivity contribution < 1.29 is 28.5 Å². The first-order valence-corrected chi connectivity index (χ1v) is 8.75. The van der Waals surface area contributed by atoms with Crippen molar-refractivity contribution in [3.8, 4) is 17.2 Å². The summed E-state index contributed by atoms with van der Waals surface area (Å²) in [4.78, 5) is 23.6. The van der Waals surface area contributed by atoms with E-state index in [-0.39, 0.29) is 19.0 Å². The van der Waals surface area contributed by atoms with Gasteiger partial charge < -0.3 is 18.9 Å². The van der Waals surface area contributed by atoms with Crippen molar-refractivity contribution in [1.82, 2.24) is 0 Å².